The number of aryl methyl sites for hydroxylation is 1. The van der Waals surface area contributed by atoms with E-state index in [0.717, 1.165) is 5.56 Å². The van der Waals surface area contributed by atoms with E-state index in [4.69, 9.17) is 0 Å². The van der Waals surface area contributed by atoms with E-state index >= 15 is 0 Å². The highest BCUT2D eigenvalue weighted by atomic mass is 32.2. The van der Waals surface area contributed by atoms with Gasteiger partial charge in [-0.05, 0) is 50.6 Å². The summed E-state index contributed by atoms with van der Waals surface area (Å²) < 4.78 is 28.3. The summed E-state index contributed by atoms with van der Waals surface area (Å²) in [6.45, 7) is 5.24. The van der Waals surface area contributed by atoms with Gasteiger partial charge in [0.25, 0.3) is 10.0 Å². The Morgan fingerprint density at radius 3 is 2.10 bits per heavy atom. The molecule has 1 aromatic carbocycles. The van der Waals surface area contributed by atoms with Crippen molar-refractivity contribution in [1.29, 1.82) is 0 Å². The van der Waals surface area contributed by atoms with E-state index in [-0.39, 0.29) is 10.7 Å². The number of ketones is 1. The maximum Gasteiger partial charge on any atom is 0.282 e. The smallest absolute Gasteiger partial charge is 0.282 e. The molecule has 0 unspecified atom stereocenters. The highest BCUT2D eigenvalue weighted by Crippen LogP contribution is 2.19. The van der Waals surface area contributed by atoms with E-state index < -0.39 is 10.0 Å². The summed E-state index contributed by atoms with van der Waals surface area (Å²) in [6.07, 6.45) is 2.78. The monoisotopic (exact) mass is 289 g/mol. The molecule has 0 saturated carbocycles. The maximum absolute atomic E-state index is 12.2. The summed E-state index contributed by atoms with van der Waals surface area (Å²) in [4.78, 5) is 11.6. The third-order valence-electron chi connectivity index (χ3n) is 3.25. The van der Waals surface area contributed by atoms with Crippen molar-refractivity contribution in [3.63, 3.8) is 0 Å². The molecular formula is C15H15NO3S. The molecule has 0 aliphatic heterocycles. The van der Waals surface area contributed by atoms with Crippen LogP contribution in [0.2, 0.25) is 0 Å². The molecule has 0 bridgehead atoms. The second-order valence-electron chi connectivity index (χ2n) is 4.71. The van der Waals surface area contributed by atoms with Gasteiger partial charge in [-0.2, -0.15) is 12.8 Å². The third-order valence-corrected chi connectivity index (χ3v) is 4.55. The van der Waals surface area contributed by atoms with Crippen LogP contribution in [0.4, 0.5) is 0 Å². The minimum absolute atomic E-state index is 0.116. The Labute approximate surface area is 118 Å². The zero-order valence-electron chi connectivity index (χ0n) is 11.5. The number of carbonyl (C=O) groups excluding carboxylic acids is 1. The number of carbonyl (C=O) groups is 1. The quantitative estimate of drug-likeness (QED) is 0.786. The predicted octanol–water partition coefficient (Wildman–Crippen LogP) is 2.60. The predicted molar refractivity (Wildman–Crippen MR) is 78.3 cm³/mol. The van der Waals surface area contributed by atoms with Crippen LogP contribution in [0, 0.1) is 6.92 Å². The van der Waals surface area contributed by atoms with Crippen LogP contribution in [0.1, 0.15) is 19.4 Å². The van der Waals surface area contributed by atoms with Crippen molar-refractivity contribution in [3.05, 3.63) is 53.1 Å². The van der Waals surface area contributed by atoms with Gasteiger partial charge >= 0.3 is 0 Å². The fourth-order valence-corrected chi connectivity index (χ4v) is 2.82. The van der Waals surface area contributed by atoms with Crippen LogP contribution < -0.4 is 0 Å². The maximum atomic E-state index is 12.2. The number of allylic oxidation sites excluding steroid dienone is 4. The Bertz CT molecular complexity index is 751. The van der Waals surface area contributed by atoms with E-state index in [2.05, 4.69) is 4.40 Å². The van der Waals surface area contributed by atoms with Crippen LogP contribution >= 0.6 is 0 Å². The summed E-state index contributed by atoms with van der Waals surface area (Å²) in [7, 11) is -3.76. The van der Waals surface area contributed by atoms with E-state index in [1.54, 1.807) is 26.0 Å². The average Bonchev–Trinajstić information content (AvgIpc) is 2.40. The van der Waals surface area contributed by atoms with Crippen molar-refractivity contribution >= 4 is 21.5 Å². The first-order valence-electron chi connectivity index (χ1n) is 6.13. The molecule has 0 atom stereocenters. The summed E-state index contributed by atoms with van der Waals surface area (Å²) in [6, 6.07) is 6.50. The lowest BCUT2D eigenvalue weighted by atomic mass is 9.97. The molecular weight excluding hydrogens is 274 g/mol. The molecule has 2 rings (SSSR count). The summed E-state index contributed by atoms with van der Waals surface area (Å²) in [5.74, 6) is -0.116. The van der Waals surface area contributed by atoms with Crippen LogP contribution in [0.15, 0.2) is 56.9 Å². The van der Waals surface area contributed by atoms with Gasteiger partial charge in [0, 0.05) is 5.57 Å². The summed E-state index contributed by atoms with van der Waals surface area (Å²) in [5, 5.41) is 0. The molecule has 1 aliphatic carbocycles. The lowest BCUT2D eigenvalue weighted by Gasteiger charge is -2.10. The topological polar surface area (TPSA) is 63.6 Å². The fourth-order valence-electron chi connectivity index (χ4n) is 1.77. The molecule has 4 nitrogen and oxygen atoms in total. The lowest BCUT2D eigenvalue weighted by Crippen LogP contribution is -2.13. The van der Waals surface area contributed by atoms with Crippen molar-refractivity contribution in [2.24, 2.45) is 4.40 Å². The third kappa shape index (κ3) is 2.77. The van der Waals surface area contributed by atoms with Gasteiger partial charge in [0.05, 0.1) is 10.6 Å². The normalized spacial score (nSPS) is 17.9. The zero-order valence-corrected chi connectivity index (χ0v) is 12.4. The Kier molecular flexibility index (Phi) is 3.72. The summed E-state index contributed by atoms with van der Waals surface area (Å²) in [5.41, 5.74) is 2.40. The molecule has 0 spiro atoms. The van der Waals surface area contributed by atoms with Gasteiger partial charge in [-0.25, -0.2) is 0 Å². The molecule has 0 aromatic heterocycles. The van der Waals surface area contributed by atoms with E-state index in [1.807, 2.05) is 6.92 Å². The molecule has 104 valence electrons. The molecule has 0 N–H and O–H groups in total. The molecule has 0 amide bonds. The first-order chi connectivity index (χ1) is 9.31. The number of benzene rings is 1. The zero-order chi connectivity index (χ0) is 14.9. The molecule has 1 aromatic rings. The molecule has 1 aliphatic rings. The second-order valence-corrected chi connectivity index (χ2v) is 6.32. The highest BCUT2D eigenvalue weighted by molar-refractivity contribution is 7.90. The van der Waals surface area contributed by atoms with Crippen molar-refractivity contribution in [2.75, 3.05) is 0 Å². The van der Waals surface area contributed by atoms with Gasteiger partial charge < -0.3 is 0 Å². The summed E-state index contributed by atoms with van der Waals surface area (Å²) >= 11 is 0. The van der Waals surface area contributed by atoms with E-state index in [9.17, 15) is 13.2 Å². The molecule has 0 fully saturated rings. The van der Waals surface area contributed by atoms with Gasteiger partial charge in [0.15, 0.2) is 5.78 Å². The van der Waals surface area contributed by atoms with Gasteiger partial charge in [-0.15, -0.1) is 0 Å². The second kappa shape index (κ2) is 5.17. The number of rotatable bonds is 2. The first-order valence-corrected chi connectivity index (χ1v) is 7.57. The molecule has 5 heteroatoms. The SMILES string of the molecule is CC1=C(C)C(=NS(=O)(=O)c2ccc(C)cc2)C=CC1=O. The first kappa shape index (κ1) is 14.4. The Morgan fingerprint density at radius 1 is 0.900 bits per heavy atom. The molecule has 20 heavy (non-hydrogen) atoms. The minimum atomic E-state index is -3.76. The van der Waals surface area contributed by atoms with Crippen LogP contribution in [-0.4, -0.2) is 19.9 Å². The van der Waals surface area contributed by atoms with Gasteiger partial charge in [-0.3, -0.25) is 4.79 Å². The van der Waals surface area contributed by atoms with Crippen LogP contribution in [-0.2, 0) is 14.8 Å². The van der Waals surface area contributed by atoms with Crippen LogP contribution in [0.5, 0.6) is 0 Å². The Hall–Kier alpha value is -2.01. The molecule has 0 radical (unpaired) electrons. The largest absolute Gasteiger partial charge is 0.290 e. The molecule has 0 saturated heterocycles. The van der Waals surface area contributed by atoms with Gasteiger partial charge in [0.2, 0.25) is 0 Å². The number of sulfonamides is 1. The van der Waals surface area contributed by atoms with Crippen molar-refractivity contribution in [3.8, 4) is 0 Å². The Balaban J connectivity index is 2.47. The number of hydrogen-bond donors (Lipinski definition) is 0. The fraction of sp³-hybridized carbons (Fsp3) is 0.200. The van der Waals surface area contributed by atoms with Crippen LogP contribution in [0.3, 0.4) is 0 Å². The van der Waals surface area contributed by atoms with E-state index in [1.165, 1.54) is 24.3 Å². The number of hydrogen-bond acceptors (Lipinski definition) is 3. The standard InChI is InChI=1S/C15H15NO3S/c1-10-4-6-13(7-5-10)20(18,19)16-14-8-9-15(17)12(3)11(14)2/h4-9H,1-3H3. The highest BCUT2D eigenvalue weighted by Gasteiger charge is 2.18. The number of nitrogens with zero attached hydrogens (tertiary/aromatic N) is 1. The van der Waals surface area contributed by atoms with Gasteiger partial charge in [0.1, 0.15) is 0 Å². The van der Waals surface area contributed by atoms with E-state index in [0.29, 0.717) is 16.9 Å². The lowest BCUT2D eigenvalue weighted by molar-refractivity contribution is -0.111. The molecule has 0 heterocycles. The Morgan fingerprint density at radius 2 is 1.50 bits per heavy atom. The average molecular weight is 289 g/mol. The van der Waals surface area contributed by atoms with Crippen molar-refractivity contribution < 1.29 is 13.2 Å². The van der Waals surface area contributed by atoms with Crippen molar-refractivity contribution in [1.82, 2.24) is 0 Å². The minimum Gasteiger partial charge on any atom is -0.290 e. The van der Waals surface area contributed by atoms with Crippen molar-refractivity contribution in [2.45, 2.75) is 25.7 Å². The van der Waals surface area contributed by atoms with Crippen LogP contribution in [0.25, 0.3) is 0 Å². The van der Waals surface area contributed by atoms with Gasteiger partial charge in [-0.1, -0.05) is 17.7 Å².